The van der Waals surface area contributed by atoms with E-state index in [9.17, 15) is 0 Å². The predicted molar refractivity (Wildman–Crippen MR) is 73.1 cm³/mol. The van der Waals surface area contributed by atoms with E-state index < -0.39 is 24.1 Å². The van der Waals surface area contributed by atoms with Crippen molar-refractivity contribution in [1.82, 2.24) is 0 Å². The summed E-state index contributed by atoms with van der Waals surface area (Å²) in [4.78, 5) is 0. The van der Waals surface area contributed by atoms with E-state index >= 15 is 0 Å². The van der Waals surface area contributed by atoms with Crippen molar-refractivity contribution in [1.29, 1.82) is 0 Å². The Morgan fingerprint density at radius 2 is 1.11 bits per heavy atom. The van der Waals surface area contributed by atoms with Crippen molar-refractivity contribution in [3.05, 3.63) is 58.7 Å². The van der Waals surface area contributed by atoms with Gasteiger partial charge in [0, 0.05) is 0 Å². The third-order valence-electron chi connectivity index (χ3n) is 2.99. The number of rotatable bonds is 4. The fourth-order valence-corrected chi connectivity index (χ4v) is 3.37. The number of benzene rings is 2. The van der Waals surface area contributed by atoms with Crippen molar-refractivity contribution in [3.63, 3.8) is 0 Å². The monoisotopic (exact) mass is 332 g/mol. The van der Waals surface area contributed by atoms with E-state index in [1.807, 2.05) is 0 Å². The summed E-state index contributed by atoms with van der Waals surface area (Å²) in [6.07, 6.45) is 0. The SMILES string of the molecule is Cc1ccc(C)c([O][Zr][O]c2cc(C)ccc2C)c1. The minimum atomic E-state index is -1.35. The van der Waals surface area contributed by atoms with Gasteiger partial charge in [-0.25, -0.2) is 0 Å². The molecule has 0 amide bonds. The normalized spacial score (nSPS) is 10.1. The molecule has 0 aromatic heterocycles. The summed E-state index contributed by atoms with van der Waals surface area (Å²) >= 11 is -1.35. The topological polar surface area (TPSA) is 18.5 Å². The predicted octanol–water partition coefficient (Wildman–Crippen LogP) is 4.29. The molecule has 0 saturated carbocycles. The van der Waals surface area contributed by atoms with E-state index in [2.05, 4.69) is 64.1 Å². The van der Waals surface area contributed by atoms with Crippen LogP contribution in [0.5, 0.6) is 11.5 Å². The second kappa shape index (κ2) is 6.39. The summed E-state index contributed by atoms with van der Waals surface area (Å²) in [6, 6.07) is 12.5. The summed E-state index contributed by atoms with van der Waals surface area (Å²) < 4.78 is 11.7. The van der Waals surface area contributed by atoms with Gasteiger partial charge in [0.05, 0.1) is 0 Å². The molecule has 2 aromatic rings. The van der Waals surface area contributed by atoms with Crippen LogP contribution in [0.1, 0.15) is 22.3 Å². The zero-order valence-corrected chi connectivity index (χ0v) is 14.2. The quantitative estimate of drug-likeness (QED) is 0.831. The minimum absolute atomic E-state index is 0.955. The van der Waals surface area contributed by atoms with Crippen LogP contribution in [-0.2, 0) is 24.1 Å². The third kappa shape index (κ3) is 3.94. The summed E-state index contributed by atoms with van der Waals surface area (Å²) in [6.45, 7) is 8.27. The molecule has 0 radical (unpaired) electrons. The van der Waals surface area contributed by atoms with Crippen LogP contribution >= 0.6 is 0 Å². The van der Waals surface area contributed by atoms with Crippen molar-refractivity contribution in [2.75, 3.05) is 0 Å². The molecule has 98 valence electrons. The Balaban J connectivity index is 2.00. The van der Waals surface area contributed by atoms with Gasteiger partial charge in [-0.1, -0.05) is 0 Å². The molecule has 19 heavy (non-hydrogen) atoms. The maximum atomic E-state index is 5.86. The van der Waals surface area contributed by atoms with Crippen LogP contribution in [0.15, 0.2) is 36.4 Å². The van der Waals surface area contributed by atoms with Crippen molar-refractivity contribution in [3.8, 4) is 11.5 Å². The average Bonchev–Trinajstić information content (AvgIpc) is 2.38. The van der Waals surface area contributed by atoms with E-state index in [1.54, 1.807) is 0 Å². The molecule has 0 aliphatic rings. The van der Waals surface area contributed by atoms with Crippen molar-refractivity contribution in [2.45, 2.75) is 27.7 Å². The first-order chi connectivity index (χ1) is 9.06. The van der Waals surface area contributed by atoms with Gasteiger partial charge >= 0.3 is 128 Å². The van der Waals surface area contributed by atoms with E-state index in [-0.39, 0.29) is 0 Å². The van der Waals surface area contributed by atoms with Gasteiger partial charge in [-0.2, -0.15) is 0 Å². The second-order valence-electron chi connectivity index (χ2n) is 4.83. The van der Waals surface area contributed by atoms with Gasteiger partial charge in [0.25, 0.3) is 0 Å². The molecule has 0 fully saturated rings. The molecule has 0 atom stereocenters. The van der Waals surface area contributed by atoms with Gasteiger partial charge < -0.3 is 0 Å². The molecule has 3 heteroatoms. The molecule has 2 rings (SSSR count). The summed E-state index contributed by atoms with van der Waals surface area (Å²) in [7, 11) is 0. The van der Waals surface area contributed by atoms with Crippen LogP contribution < -0.4 is 5.63 Å². The molecule has 0 heterocycles. The van der Waals surface area contributed by atoms with Crippen LogP contribution in [0, 0.1) is 27.7 Å². The Kier molecular flexibility index (Phi) is 4.82. The van der Waals surface area contributed by atoms with Gasteiger partial charge in [-0.3, -0.25) is 0 Å². The molecule has 2 aromatic carbocycles. The van der Waals surface area contributed by atoms with E-state index in [1.165, 1.54) is 11.1 Å². The average molecular weight is 334 g/mol. The first kappa shape index (κ1) is 14.3. The van der Waals surface area contributed by atoms with E-state index in [0.717, 1.165) is 22.6 Å². The van der Waals surface area contributed by atoms with Crippen molar-refractivity contribution in [2.24, 2.45) is 0 Å². The summed E-state index contributed by atoms with van der Waals surface area (Å²) in [5.74, 6) is 1.91. The number of hydrogen-bond donors (Lipinski definition) is 0. The Morgan fingerprint density at radius 1 is 0.684 bits per heavy atom. The molecular weight excluding hydrogens is 315 g/mol. The Hall–Kier alpha value is -1.08. The van der Waals surface area contributed by atoms with Gasteiger partial charge in [0.15, 0.2) is 0 Å². The molecule has 0 unspecified atom stereocenters. The van der Waals surface area contributed by atoms with Crippen molar-refractivity contribution >= 4 is 0 Å². The second-order valence-corrected chi connectivity index (χ2v) is 6.24. The van der Waals surface area contributed by atoms with Crippen LogP contribution in [0.4, 0.5) is 0 Å². The van der Waals surface area contributed by atoms with Gasteiger partial charge in [-0.15, -0.1) is 0 Å². The fraction of sp³-hybridized carbons (Fsp3) is 0.250. The molecule has 0 saturated heterocycles. The van der Waals surface area contributed by atoms with Crippen LogP contribution in [-0.4, -0.2) is 0 Å². The maximum absolute atomic E-state index is 5.86. The van der Waals surface area contributed by atoms with Crippen LogP contribution in [0.3, 0.4) is 0 Å². The molecule has 0 aliphatic heterocycles. The fourth-order valence-electron chi connectivity index (χ4n) is 1.75. The molecule has 2 nitrogen and oxygen atoms in total. The molecule has 0 bridgehead atoms. The number of hydrogen-bond acceptors (Lipinski definition) is 2. The Labute approximate surface area is 127 Å². The number of aryl methyl sites for hydroxylation is 4. The summed E-state index contributed by atoms with van der Waals surface area (Å²) in [5.41, 5.74) is 4.76. The van der Waals surface area contributed by atoms with Gasteiger partial charge in [0.2, 0.25) is 0 Å². The standard InChI is InChI=1S/2C8H10O.Zr/c2*1-6-3-4-7(2)8(9)5-6;/h2*3-5,9H,1-2H3;/q;;+2/p-2. The third-order valence-corrected chi connectivity index (χ3v) is 4.48. The molecule has 0 spiro atoms. The van der Waals surface area contributed by atoms with Crippen LogP contribution in [0.2, 0.25) is 0 Å². The van der Waals surface area contributed by atoms with E-state index in [4.69, 9.17) is 5.63 Å². The Bertz CT molecular complexity index is 527. The molecular formula is C16H18O2Zr. The zero-order chi connectivity index (χ0) is 13.8. The van der Waals surface area contributed by atoms with Crippen LogP contribution in [0.25, 0.3) is 0 Å². The van der Waals surface area contributed by atoms with Gasteiger partial charge in [-0.05, 0) is 0 Å². The summed E-state index contributed by atoms with van der Waals surface area (Å²) in [5, 5.41) is 0. The molecule has 0 N–H and O–H groups in total. The zero-order valence-electron chi connectivity index (χ0n) is 11.8. The van der Waals surface area contributed by atoms with Gasteiger partial charge in [0.1, 0.15) is 0 Å². The van der Waals surface area contributed by atoms with E-state index in [0.29, 0.717) is 0 Å². The first-order valence-electron chi connectivity index (χ1n) is 6.29. The molecule has 0 aliphatic carbocycles. The Morgan fingerprint density at radius 3 is 1.53 bits per heavy atom. The van der Waals surface area contributed by atoms with Crippen molar-refractivity contribution < 1.29 is 29.7 Å². The first-order valence-corrected chi connectivity index (χ1v) is 8.30.